The molecule has 3 N–H and O–H groups in total. The van der Waals surface area contributed by atoms with Crippen LogP contribution in [-0.2, 0) is 0 Å². The summed E-state index contributed by atoms with van der Waals surface area (Å²) in [5.74, 6) is 1.41. The largest absolute Gasteiger partial charge is 0.478 e. The van der Waals surface area contributed by atoms with Crippen LogP contribution in [0.25, 0.3) is 0 Å². The summed E-state index contributed by atoms with van der Waals surface area (Å²) in [6, 6.07) is 4.13. The Bertz CT molecular complexity index is 503. The lowest BCUT2D eigenvalue weighted by Gasteiger charge is -2.09. The van der Waals surface area contributed by atoms with Gasteiger partial charge < -0.3 is 15.7 Å². The summed E-state index contributed by atoms with van der Waals surface area (Å²) >= 11 is 0. The first-order valence-corrected chi connectivity index (χ1v) is 5.37. The third-order valence-electron chi connectivity index (χ3n) is 2.28. The van der Waals surface area contributed by atoms with Crippen LogP contribution in [0.2, 0.25) is 0 Å². The molecule has 1 aromatic carbocycles. The average molecular weight is 246 g/mol. The van der Waals surface area contributed by atoms with Gasteiger partial charge in [-0.25, -0.2) is 9.59 Å². The summed E-state index contributed by atoms with van der Waals surface area (Å²) in [5.41, 5.74) is 1.44. The van der Waals surface area contributed by atoms with Gasteiger partial charge in [0.2, 0.25) is 0 Å². The summed E-state index contributed by atoms with van der Waals surface area (Å²) in [6.07, 6.45) is 5.52. The van der Waals surface area contributed by atoms with E-state index >= 15 is 0 Å². The molecule has 0 heterocycles. The van der Waals surface area contributed by atoms with Crippen molar-refractivity contribution >= 4 is 17.7 Å². The lowest BCUT2D eigenvalue weighted by molar-refractivity contribution is 0.0697. The van der Waals surface area contributed by atoms with E-state index in [1.807, 2.05) is 0 Å². The molecule has 94 valence electrons. The first kappa shape index (κ1) is 13.6. The maximum absolute atomic E-state index is 11.5. The number of carboxylic acids is 1. The second-order valence-electron chi connectivity index (χ2n) is 3.67. The summed E-state index contributed by atoms with van der Waals surface area (Å²) in [7, 11) is 0. The molecular weight excluding hydrogens is 232 g/mol. The van der Waals surface area contributed by atoms with Crippen LogP contribution < -0.4 is 10.6 Å². The molecule has 0 unspecified atom stereocenters. The first-order valence-electron chi connectivity index (χ1n) is 5.37. The smallest absolute Gasteiger partial charge is 0.335 e. The van der Waals surface area contributed by atoms with Crippen molar-refractivity contribution < 1.29 is 14.7 Å². The van der Waals surface area contributed by atoms with Crippen molar-refractivity contribution in [3.63, 3.8) is 0 Å². The highest BCUT2D eigenvalue weighted by atomic mass is 16.4. The molecule has 0 saturated heterocycles. The zero-order chi connectivity index (χ0) is 13.5. The maximum atomic E-state index is 11.5. The van der Waals surface area contributed by atoms with Crippen LogP contribution in [0.15, 0.2) is 18.2 Å². The predicted molar refractivity (Wildman–Crippen MR) is 68.6 cm³/mol. The Morgan fingerprint density at radius 3 is 2.72 bits per heavy atom. The molecule has 1 aromatic rings. The predicted octanol–water partition coefficient (Wildman–Crippen LogP) is 1.84. The number of nitrogens with one attached hydrogen (secondary N) is 2. The van der Waals surface area contributed by atoms with Crippen molar-refractivity contribution in [2.24, 2.45) is 0 Å². The van der Waals surface area contributed by atoms with Crippen molar-refractivity contribution in [1.29, 1.82) is 0 Å². The Labute approximate surface area is 105 Å². The minimum absolute atomic E-state index is 0.186. The second-order valence-corrected chi connectivity index (χ2v) is 3.67. The number of hydrogen-bond acceptors (Lipinski definition) is 2. The van der Waals surface area contributed by atoms with Crippen LogP contribution in [0.1, 0.15) is 22.3 Å². The van der Waals surface area contributed by atoms with E-state index in [0.717, 1.165) is 0 Å². The minimum atomic E-state index is -0.997. The number of hydrogen-bond donors (Lipinski definition) is 3. The van der Waals surface area contributed by atoms with Gasteiger partial charge in [-0.05, 0) is 30.7 Å². The molecule has 0 aliphatic heterocycles. The number of carboxylic acid groups (broad SMARTS) is 1. The Hall–Kier alpha value is -2.48. The van der Waals surface area contributed by atoms with Gasteiger partial charge >= 0.3 is 12.0 Å². The number of urea groups is 1. The highest BCUT2D eigenvalue weighted by Crippen LogP contribution is 2.16. The standard InChI is InChI=1S/C13H14N2O3/c1-3-4-7-14-13(18)15-11-6-5-10(12(16)17)8-9(11)2/h1,5-6,8H,4,7H2,2H3,(H,16,17)(H2,14,15,18). The van der Waals surface area contributed by atoms with E-state index in [1.165, 1.54) is 12.1 Å². The average Bonchev–Trinajstić information content (AvgIpc) is 2.32. The Morgan fingerprint density at radius 2 is 2.17 bits per heavy atom. The molecule has 0 atom stereocenters. The van der Waals surface area contributed by atoms with Crippen molar-refractivity contribution in [3.05, 3.63) is 29.3 Å². The first-order chi connectivity index (χ1) is 8.54. The lowest BCUT2D eigenvalue weighted by Crippen LogP contribution is -2.29. The van der Waals surface area contributed by atoms with Gasteiger partial charge in [-0.1, -0.05) is 0 Å². The molecule has 0 fully saturated rings. The molecule has 0 saturated carbocycles. The molecule has 1 rings (SSSR count). The summed E-state index contributed by atoms with van der Waals surface area (Å²) in [4.78, 5) is 22.2. The van der Waals surface area contributed by atoms with Gasteiger partial charge in [0, 0.05) is 18.7 Å². The number of terminal acetylenes is 1. The van der Waals surface area contributed by atoms with E-state index in [2.05, 4.69) is 16.6 Å². The fourth-order valence-electron chi connectivity index (χ4n) is 1.35. The van der Waals surface area contributed by atoms with Crippen LogP contribution >= 0.6 is 0 Å². The molecule has 5 nitrogen and oxygen atoms in total. The van der Waals surface area contributed by atoms with E-state index in [4.69, 9.17) is 11.5 Å². The fraction of sp³-hybridized carbons (Fsp3) is 0.231. The van der Waals surface area contributed by atoms with Gasteiger partial charge in [-0.2, -0.15) is 0 Å². The molecule has 0 radical (unpaired) electrons. The zero-order valence-electron chi connectivity index (χ0n) is 9.99. The SMILES string of the molecule is C#CCCNC(=O)Nc1ccc(C(=O)O)cc1C. The topological polar surface area (TPSA) is 78.4 Å². The van der Waals surface area contributed by atoms with Crippen molar-refractivity contribution in [1.82, 2.24) is 5.32 Å². The molecule has 0 spiro atoms. The molecular formula is C13H14N2O3. The van der Waals surface area contributed by atoms with Crippen molar-refractivity contribution in [3.8, 4) is 12.3 Å². The van der Waals surface area contributed by atoms with Gasteiger partial charge in [-0.15, -0.1) is 12.3 Å². The van der Waals surface area contributed by atoms with E-state index in [1.54, 1.807) is 13.0 Å². The lowest BCUT2D eigenvalue weighted by atomic mass is 10.1. The third-order valence-corrected chi connectivity index (χ3v) is 2.28. The van der Waals surface area contributed by atoms with Gasteiger partial charge in [0.1, 0.15) is 0 Å². The number of anilines is 1. The molecule has 0 aromatic heterocycles. The Morgan fingerprint density at radius 1 is 1.44 bits per heavy atom. The van der Waals surface area contributed by atoms with Gasteiger partial charge in [0.15, 0.2) is 0 Å². The zero-order valence-corrected chi connectivity index (χ0v) is 9.99. The van der Waals surface area contributed by atoms with E-state index in [0.29, 0.717) is 24.2 Å². The van der Waals surface area contributed by atoms with Gasteiger partial charge in [-0.3, -0.25) is 0 Å². The fourth-order valence-corrected chi connectivity index (χ4v) is 1.35. The number of amides is 2. The normalized spacial score (nSPS) is 9.33. The third kappa shape index (κ3) is 3.83. The summed E-state index contributed by atoms with van der Waals surface area (Å²) < 4.78 is 0. The van der Waals surface area contributed by atoms with Gasteiger partial charge in [0.25, 0.3) is 0 Å². The quantitative estimate of drug-likeness (QED) is 0.560. The van der Waals surface area contributed by atoms with Crippen LogP contribution in [0.3, 0.4) is 0 Å². The molecule has 0 bridgehead atoms. The Kier molecular flexibility index (Phi) is 4.76. The van der Waals surface area contributed by atoms with E-state index < -0.39 is 5.97 Å². The molecule has 0 aliphatic carbocycles. The molecule has 18 heavy (non-hydrogen) atoms. The maximum Gasteiger partial charge on any atom is 0.335 e. The highest BCUT2D eigenvalue weighted by molar-refractivity contribution is 5.92. The molecule has 0 aliphatic rings. The number of aryl methyl sites for hydroxylation is 1. The highest BCUT2D eigenvalue weighted by Gasteiger charge is 2.07. The second kappa shape index (κ2) is 6.30. The molecule has 2 amide bonds. The number of aromatic carboxylic acids is 1. The van der Waals surface area contributed by atoms with E-state index in [-0.39, 0.29) is 11.6 Å². The van der Waals surface area contributed by atoms with Gasteiger partial charge in [0.05, 0.1) is 5.56 Å². The monoisotopic (exact) mass is 246 g/mol. The summed E-state index contributed by atoms with van der Waals surface area (Å²) in [5, 5.41) is 14.0. The van der Waals surface area contributed by atoms with Crippen LogP contribution in [0.5, 0.6) is 0 Å². The Balaban J connectivity index is 2.65. The van der Waals surface area contributed by atoms with E-state index in [9.17, 15) is 9.59 Å². The number of rotatable bonds is 4. The van der Waals surface area contributed by atoms with Crippen LogP contribution in [0.4, 0.5) is 10.5 Å². The number of carbonyl (C=O) groups excluding carboxylic acids is 1. The van der Waals surface area contributed by atoms with Crippen LogP contribution in [0, 0.1) is 19.3 Å². The number of benzene rings is 1. The summed E-state index contributed by atoms with van der Waals surface area (Å²) in [6.45, 7) is 2.12. The molecule has 5 heteroatoms. The van der Waals surface area contributed by atoms with Crippen LogP contribution in [-0.4, -0.2) is 23.7 Å². The van der Waals surface area contributed by atoms with Crippen molar-refractivity contribution in [2.75, 3.05) is 11.9 Å². The minimum Gasteiger partial charge on any atom is -0.478 e. The number of carbonyl (C=O) groups is 2. The van der Waals surface area contributed by atoms with Crippen molar-refractivity contribution in [2.45, 2.75) is 13.3 Å².